The van der Waals surface area contributed by atoms with E-state index in [0.717, 1.165) is 24.3 Å². The average Bonchev–Trinajstić information content (AvgIpc) is 2.65. The molecule has 2 aromatic carbocycles. The van der Waals surface area contributed by atoms with Gasteiger partial charge < -0.3 is 16.8 Å². The molecule has 0 bridgehead atoms. The first-order valence-electron chi connectivity index (χ1n) is 9.49. The third kappa shape index (κ3) is 7.49. The van der Waals surface area contributed by atoms with Crippen LogP contribution < -0.4 is 22.1 Å². The highest BCUT2D eigenvalue weighted by Crippen LogP contribution is 2.17. The minimum absolute atomic E-state index is 0.100. The number of aliphatic imine (C=N–C) groups is 1. The fourth-order valence-electron chi connectivity index (χ4n) is 2.64. The molecule has 9 heteroatoms. The highest BCUT2D eigenvalue weighted by Gasteiger charge is 2.17. The summed E-state index contributed by atoms with van der Waals surface area (Å²) in [6.45, 7) is 4.30. The van der Waals surface area contributed by atoms with Crippen LogP contribution in [0.15, 0.2) is 47.5 Å². The monoisotopic (exact) mass is 421 g/mol. The quantitative estimate of drug-likeness (QED) is 0.313. The molecule has 0 aromatic heterocycles. The number of hydrogen-bond donors (Lipinski definition) is 4. The van der Waals surface area contributed by atoms with Gasteiger partial charge in [-0.2, -0.15) is 0 Å². The summed E-state index contributed by atoms with van der Waals surface area (Å²) < 4.78 is 40.2. The van der Waals surface area contributed by atoms with Gasteiger partial charge in [-0.15, -0.1) is 0 Å². The number of halogens is 3. The SMILES string of the molecule is CC(C)CN=C(NC(=O)c1cccc(F)c1)NC(N)CC(N)c1cc(F)cc(F)c1. The average molecular weight is 421 g/mol. The second-order valence-corrected chi connectivity index (χ2v) is 7.34. The molecule has 0 spiro atoms. The van der Waals surface area contributed by atoms with E-state index in [-0.39, 0.29) is 29.4 Å². The molecule has 6 N–H and O–H groups in total. The number of guanidine groups is 1. The molecule has 1 amide bonds. The van der Waals surface area contributed by atoms with E-state index in [0.29, 0.717) is 6.54 Å². The molecular weight excluding hydrogens is 395 g/mol. The summed E-state index contributed by atoms with van der Waals surface area (Å²) in [5.74, 6) is -2.26. The van der Waals surface area contributed by atoms with Crippen molar-refractivity contribution in [2.45, 2.75) is 32.5 Å². The highest BCUT2D eigenvalue weighted by atomic mass is 19.1. The topological polar surface area (TPSA) is 106 Å². The van der Waals surface area contributed by atoms with Crippen LogP contribution in [0.3, 0.4) is 0 Å². The molecule has 2 atom stereocenters. The van der Waals surface area contributed by atoms with Crippen molar-refractivity contribution in [2.75, 3.05) is 6.54 Å². The second kappa shape index (κ2) is 10.7. The first-order chi connectivity index (χ1) is 14.1. The maximum atomic E-state index is 13.4. The molecule has 0 aliphatic heterocycles. The summed E-state index contributed by atoms with van der Waals surface area (Å²) in [4.78, 5) is 16.7. The molecule has 0 heterocycles. The molecular formula is C21H26F3N5O. The third-order valence-electron chi connectivity index (χ3n) is 4.08. The number of benzene rings is 2. The summed E-state index contributed by atoms with van der Waals surface area (Å²) in [6, 6.07) is 7.51. The Balaban J connectivity index is 2.07. The van der Waals surface area contributed by atoms with Crippen molar-refractivity contribution in [3.63, 3.8) is 0 Å². The molecule has 6 nitrogen and oxygen atoms in total. The van der Waals surface area contributed by atoms with Crippen molar-refractivity contribution in [1.29, 1.82) is 0 Å². The van der Waals surface area contributed by atoms with Gasteiger partial charge in [-0.3, -0.25) is 15.1 Å². The van der Waals surface area contributed by atoms with Crippen LogP contribution in [0.1, 0.15) is 42.2 Å². The van der Waals surface area contributed by atoms with Crippen LogP contribution in [-0.4, -0.2) is 24.6 Å². The number of nitrogens with two attached hydrogens (primary N) is 2. The maximum absolute atomic E-state index is 13.4. The largest absolute Gasteiger partial charge is 0.341 e. The molecule has 0 aliphatic carbocycles. The number of carbonyl (C=O) groups is 1. The molecule has 2 rings (SSSR count). The maximum Gasteiger partial charge on any atom is 0.258 e. The van der Waals surface area contributed by atoms with Gasteiger partial charge in [-0.1, -0.05) is 19.9 Å². The van der Waals surface area contributed by atoms with Crippen LogP contribution in [0.4, 0.5) is 13.2 Å². The Morgan fingerprint density at radius 2 is 1.70 bits per heavy atom. The summed E-state index contributed by atoms with van der Waals surface area (Å²) in [6.07, 6.45) is -0.663. The molecule has 0 radical (unpaired) electrons. The Kier molecular flexibility index (Phi) is 8.37. The lowest BCUT2D eigenvalue weighted by Crippen LogP contribution is -2.50. The Labute approximate surface area is 173 Å². The number of amides is 1. The van der Waals surface area contributed by atoms with Crippen molar-refractivity contribution in [2.24, 2.45) is 22.4 Å². The van der Waals surface area contributed by atoms with E-state index < -0.39 is 35.6 Å². The summed E-state index contributed by atoms with van der Waals surface area (Å²) >= 11 is 0. The van der Waals surface area contributed by atoms with Gasteiger partial charge in [0.2, 0.25) is 0 Å². The van der Waals surface area contributed by atoms with Gasteiger partial charge in [0, 0.05) is 24.2 Å². The highest BCUT2D eigenvalue weighted by molar-refractivity contribution is 6.05. The molecule has 2 aromatic rings. The van der Waals surface area contributed by atoms with Crippen LogP contribution in [0, 0.1) is 23.4 Å². The minimum atomic E-state index is -0.773. The lowest BCUT2D eigenvalue weighted by atomic mass is 10.0. The zero-order valence-corrected chi connectivity index (χ0v) is 16.8. The number of nitrogens with one attached hydrogen (secondary N) is 2. The Morgan fingerprint density at radius 1 is 1.03 bits per heavy atom. The van der Waals surface area contributed by atoms with Crippen molar-refractivity contribution < 1.29 is 18.0 Å². The normalized spacial score (nSPS) is 13.8. The Hall–Kier alpha value is -2.91. The zero-order valence-electron chi connectivity index (χ0n) is 16.8. The molecule has 0 aliphatic rings. The minimum Gasteiger partial charge on any atom is -0.341 e. The van der Waals surface area contributed by atoms with Crippen LogP contribution in [0.5, 0.6) is 0 Å². The smallest absolute Gasteiger partial charge is 0.258 e. The van der Waals surface area contributed by atoms with Gasteiger partial charge >= 0.3 is 0 Å². The van der Waals surface area contributed by atoms with Crippen molar-refractivity contribution in [3.05, 3.63) is 71.0 Å². The predicted octanol–water partition coefficient (Wildman–Crippen LogP) is 2.81. The zero-order chi connectivity index (χ0) is 22.3. The molecule has 0 saturated carbocycles. The molecule has 162 valence electrons. The standard InChI is InChI=1S/C21H26F3N5O/c1-12(2)11-27-21(29-20(30)13-4-3-5-15(22)6-13)28-19(26)10-18(25)14-7-16(23)9-17(24)8-14/h3-9,12,18-19H,10-11,25-26H2,1-2H3,(H2,27,28,29,30). The van der Waals surface area contributed by atoms with Gasteiger partial charge in [0.15, 0.2) is 5.96 Å². The number of rotatable bonds is 7. The first kappa shape index (κ1) is 23.4. The van der Waals surface area contributed by atoms with E-state index in [1.54, 1.807) is 0 Å². The Bertz CT molecular complexity index is 884. The van der Waals surface area contributed by atoms with Crippen LogP contribution in [0.25, 0.3) is 0 Å². The van der Waals surface area contributed by atoms with E-state index in [1.165, 1.54) is 18.2 Å². The lowest BCUT2D eigenvalue weighted by molar-refractivity contribution is 0.0975. The lowest BCUT2D eigenvalue weighted by Gasteiger charge is -2.21. The summed E-state index contributed by atoms with van der Waals surface area (Å²) in [5, 5.41) is 5.42. The van der Waals surface area contributed by atoms with Crippen LogP contribution in [-0.2, 0) is 0 Å². The van der Waals surface area contributed by atoms with Gasteiger partial charge in [0.1, 0.15) is 17.5 Å². The first-order valence-corrected chi connectivity index (χ1v) is 9.49. The second-order valence-electron chi connectivity index (χ2n) is 7.34. The summed E-state index contributed by atoms with van der Waals surface area (Å²) in [7, 11) is 0. The van der Waals surface area contributed by atoms with Gasteiger partial charge in [0.05, 0.1) is 6.17 Å². The molecule has 2 unspecified atom stereocenters. The Morgan fingerprint density at radius 3 is 2.30 bits per heavy atom. The fraction of sp³-hybridized carbons (Fsp3) is 0.333. The molecule has 30 heavy (non-hydrogen) atoms. The van der Waals surface area contributed by atoms with E-state index in [9.17, 15) is 18.0 Å². The fourth-order valence-corrected chi connectivity index (χ4v) is 2.64. The molecule has 0 fully saturated rings. The van der Waals surface area contributed by atoms with Gasteiger partial charge in [-0.05, 0) is 48.2 Å². The number of hydrogen-bond acceptors (Lipinski definition) is 4. The summed E-state index contributed by atoms with van der Waals surface area (Å²) in [5.41, 5.74) is 12.5. The number of nitrogens with zero attached hydrogens (tertiary/aromatic N) is 1. The van der Waals surface area contributed by atoms with Crippen molar-refractivity contribution >= 4 is 11.9 Å². The number of carbonyl (C=O) groups excluding carboxylic acids is 1. The predicted molar refractivity (Wildman–Crippen MR) is 110 cm³/mol. The van der Waals surface area contributed by atoms with Crippen molar-refractivity contribution in [1.82, 2.24) is 10.6 Å². The van der Waals surface area contributed by atoms with Crippen LogP contribution >= 0.6 is 0 Å². The van der Waals surface area contributed by atoms with E-state index >= 15 is 0 Å². The van der Waals surface area contributed by atoms with Gasteiger partial charge in [-0.25, -0.2) is 13.2 Å². The molecule has 0 saturated heterocycles. The van der Waals surface area contributed by atoms with E-state index in [1.807, 2.05) is 13.8 Å². The van der Waals surface area contributed by atoms with Gasteiger partial charge in [0.25, 0.3) is 5.91 Å². The van der Waals surface area contributed by atoms with Crippen LogP contribution in [0.2, 0.25) is 0 Å². The van der Waals surface area contributed by atoms with E-state index in [4.69, 9.17) is 11.5 Å². The van der Waals surface area contributed by atoms with E-state index in [2.05, 4.69) is 15.6 Å². The third-order valence-corrected chi connectivity index (χ3v) is 4.08. The van der Waals surface area contributed by atoms with Crippen molar-refractivity contribution in [3.8, 4) is 0 Å².